The highest BCUT2D eigenvalue weighted by Gasteiger charge is 2.08. The molecule has 66 valence electrons. The molecule has 1 unspecified atom stereocenters. The lowest BCUT2D eigenvalue weighted by molar-refractivity contribution is -0.149. The summed E-state index contributed by atoms with van der Waals surface area (Å²) in [6, 6.07) is 0. The van der Waals surface area contributed by atoms with Crippen molar-refractivity contribution in [2.45, 2.75) is 25.9 Å². The lowest BCUT2D eigenvalue weighted by Gasteiger charge is -2.05. The summed E-state index contributed by atoms with van der Waals surface area (Å²) in [6.07, 6.45) is 3.98. The van der Waals surface area contributed by atoms with E-state index in [1.54, 1.807) is 6.92 Å². The average Bonchev–Trinajstić information content (AvgIpc) is 2.00. The molecule has 0 saturated heterocycles. The number of ether oxygens (including phenoxy) is 1. The molecule has 0 bridgehead atoms. The summed E-state index contributed by atoms with van der Waals surface area (Å²) >= 11 is 0. The number of carboxylic acid groups (broad SMARTS) is 1. The normalized spacial score (nSPS) is 11.3. The number of aliphatic carboxylic acids is 1. The Morgan fingerprint density at radius 1 is 1.58 bits per heavy atom. The van der Waals surface area contributed by atoms with Crippen LogP contribution in [0.15, 0.2) is 0 Å². The number of hydrogen-bond donors (Lipinski definition) is 1. The van der Waals surface area contributed by atoms with E-state index in [9.17, 15) is 9.59 Å². The van der Waals surface area contributed by atoms with Crippen molar-refractivity contribution in [1.29, 1.82) is 0 Å². The molecule has 0 aliphatic heterocycles. The third-order valence-electron chi connectivity index (χ3n) is 1.09. The molecule has 12 heavy (non-hydrogen) atoms. The lowest BCUT2D eigenvalue weighted by atomic mass is 10.3. The Morgan fingerprint density at radius 2 is 2.17 bits per heavy atom. The third-order valence-corrected chi connectivity index (χ3v) is 1.09. The van der Waals surface area contributed by atoms with Gasteiger partial charge in [0.2, 0.25) is 0 Å². The molecule has 0 aromatic rings. The maximum atomic E-state index is 10.7. The van der Waals surface area contributed by atoms with Gasteiger partial charge in [-0.05, 0) is 6.92 Å². The van der Waals surface area contributed by atoms with Gasteiger partial charge in [-0.15, -0.1) is 6.42 Å². The standard InChI is InChI=1S/C8H10O4/c1-3-6(2)12-8(11)5-4-7(9)10/h1,6H,4-5H2,2H3,(H,9,10). The Balaban J connectivity index is 3.62. The number of carbonyl (C=O) groups excluding carboxylic acids is 1. The molecule has 0 aromatic carbocycles. The van der Waals surface area contributed by atoms with Gasteiger partial charge in [-0.25, -0.2) is 0 Å². The predicted octanol–water partition coefficient (Wildman–Crippen LogP) is 0.416. The van der Waals surface area contributed by atoms with E-state index in [-0.39, 0.29) is 12.8 Å². The molecule has 0 aliphatic rings. The van der Waals surface area contributed by atoms with Gasteiger partial charge in [0.25, 0.3) is 0 Å². The van der Waals surface area contributed by atoms with Crippen LogP contribution in [-0.4, -0.2) is 23.1 Å². The zero-order chi connectivity index (χ0) is 9.56. The first-order chi connectivity index (χ1) is 5.56. The summed E-state index contributed by atoms with van der Waals surface area (Å²) in [6.45, 7) is 1.54. The number of carboxylic acids is 1. The van der Waals surface area contributed by atoms with Gasteiger partial charge in [0.15, 0.2) is 6.10 Å². The number of esters is 1. The van der Waals surface area contributed by atoms with E-state index >= 15 is 0 Å². The molecule has 4 nitrogen and oxygen atoms in total. The van der Waals surface area contributed by atoms with Crippen molar-refractivity contribution >= 4 is 11.9 Å². The van der Waals surface area contributed by atoms with Crippen LogP contribution in [0, 0.1) is 12.3 Å². The minimum absolute atomic E-state index is 0.138. The van der Waals surface area contributed by atoms with Crippen molar-refractivity contribution in [2.75, 3.05) is 0 Å². The Bertz CT molecular complexity index is 214. The van der Waals surface area contributed by atoms with Crippen LogP contribution in [0.25, 0.3) is 0 Å². The van der Waals surface area contributed by atoms with Crippen LogP contribution in [0.3, 0.4) is 0 Å². The van der Waals surface area contributed by atoms with E-state index < -0.39 is 18.0 Å². The van der Waals surface area contributed by atoms with Crippen molar-refractivity contribution in [3.05, 3.63) is 0 Å². The fourth-order valence-corrected chi connectivity index (χ4v) is 0.499. The van der Waals surface area contributed by atoms with Crippen LogP contribution in [-0.2, 0) is 14.3 Å². The molecular weight excluding hydrogens is 160 g/mol. The zero-order valence-electron chi connectivity index (χ0n) is 6.74. The topological polar surface area (TPSA) is 63.6 Å². The first-order valence-electron chi connectivity index (χ1n) is 3.43. The quantitative estimate of drug-likeness (QED) is 0.490. The van der Waals surface area contributed by atoms with Crippen molar-refractivity contribution in [3.8, 4) is 12.3 Å². The molecule has 1 N–H and O–H groups in total. The van der Waals surface area contributed by atoms with E-state index in [0.717, 1.165) is 0 Å². The SMILES string of the molecule is C#CC(C)OC(=O)CCC(=O)O. The third kappa shape index (κ3) is 5.30. The number of carbonyl (C=O) groups is 2. The second-order valence-corrected chi connectivity index (χ2v) is 2.19. The molecule has 0 aromatic heterocycles. The molecule has 0 fully saturated rings. The highest BCUT2D eigenvalue weighted by Crippen LogP contribution is 1.96. The zero-order valence-corrected chi connectivity index (χ0v) is 6.74. The highest BCUT2D eigenvalue weighted by atomic mass is 16.5. The second kappa shape index (κ2) is 5.19. The summed E-state index contributed by atoms with van der Waals surface area (Å²) in [5.74, 6) is 0.585. The molecule has 0 saturated carbocycles. The maximum Gasteiger partial charge on any atom is 0.307 e. The summed E-state index contributed by atoms with van der Waals surface area (Å²) in [5.41, 5.74) is 0. The van der Waals surface area contributed by atoms with Crippen molar-refractivity contribution in [2.24, 2.45) is 0 Å². The van der Waals surface area contributed by atoms with E-state index in [1.165, 1.54) is 0 Å². The van der Waals surface area contributed by atoms with Gasteiger partial charge in [-0.1, -0.05) is 5.92 Å². The second-order valence-electron chi connectivity index (χ2n) is 2.19. The van der Waals surface area contributed by atoms with Gasteiger partial charge in [-0.2, -0.15) is 0 Å². The number of rotatable bonds is 4. The monoisotopic (exact) mass is 170 g/mol. The van der Waals surface area contributed by atoms with Gasteiger partial charge >= 0.3 is 11.9 Å². The Kier molecular flexibility index (Phi) is 4.54. The Labute approximate surface area is 70.5 Å². The molecule has 0 spiro atoms. The first kappa shape index (κ1) is 10.5. The van der Waals surface area contributed by atoms with Crippen LogP contribution in [0.1, 0.15) is 19.8 Å². The van der Waals surface area contributed by atoms with Crippen molar-refractivity contribution < 1.29 is 19.4 Å². The van der Waals surface area contributed by atoms with Gasteiger partial charge in [0.1, 0.15) is 0 Å². The van der Waals surface area contributed by atoms with Crippen LogP contribution < -0.4 is 0 Å². The summed E-state index contributed by atoms with van der Waals surface area (Å²) in [5, 5.41) is 8.21. The molecule has 0 rings (SSSR count). The van der Waals surface area contributed by atoms with E-state index in [2.05, 4.69) is 10.7 Å². The maximum absolute atomic E-state index is 10.7. The molecule has 0 radical (unpaired) electrons. The predicted molar refractivity (Wildman–Crippen MR) is 41.3 cm³/mol. The summed E-state index contributed by atoms with van der Waals surface area (Å²) in [4.78, 5) is 20.7. The van der Waals surface area contributed by atoms with Crippen molar-refractivity contribution in [1.82, 2.24) is 0 Å². The number of hydrogen-bond acceptors (Lipinski definition) is 3. The van der Waals surface area contributed by atoms with Crippen LogP contribution >= 0.6 is 0 Å². The summed E-state index contributed by atoms with van der Waals surface area (Å²) < 4.78 is 4.61. The van der Waals surface area contributed by atoms with Gasteiger partial charge in [0.05, 0.1) is 12.8 Å². The molecule has 0 amide bonds. The molecule has 0 heterocycles. The highest BCUT2D eigenvalue weighted by molar-refractivity contribution is 5.76. The Morgan fingerprint density at radius 3 is 2.58 bits per heavy atom. The lowest BCUT2D eigenvalue weighted by Crippen LogP contribution is -2.13. The fraction of sp³-hybridized carbons (Fsp3) is 0.500. The van der Waals surface area contributed by atoms with Gasteiger partial charge in [-0.3, -0.25) is 9.59 Å². The van der Waals surface area contributed by atoms with E-state index in [1.807, 2.05) is 0 Å². The smallest absolute Gasteiger partial charge is 0.307 e. The van der Waals surface area contributed by atoms with Crippen molar-refractivity contribution in [3.63, 3.8) is 0 Å². The van der Waals surface area contributed by atoms with Gasteiger partial charge < -0.3 is 9.84 Å². The molecule has 1 atom stereocenters. The average molecular weight is 170 g/mol. The largest absolute Gasteiger partial charge is 0.481 e. The molecular formula is C8H10O4. The van der Waals surface area contributed by atoms with Crippen LogP contribution in [0.5, 0.6) is 0 Å². The Hall–Kier alpha value is -1.50. The number of terminal acetylenes is 1. The minimum Gasteiger partial charge on any atom is -0.481 e. The van der Waals surface area contributed by atoms with E-state index in [0.29, 0.717) is 0 Å². The van der Waals surface area contributed by atoms with Gasteiger partial charge in [0, 0.05) is 0 Å². The van der Waals surface area contributed by atoms with Crippen LogP contribution in [0.4, 0.5) is 0 Å². The fourth-order valence-electron chi connectivity index (χ4n) is 0.499. The first-order valence-corrected chi connectivity index (χ1v) is 3.43. The molecule has 0 aliphatic carbocycles. The summed E-state index contributed by atoms with van der Waals surface area (Å²) in [7, 11) is 0. The van der Waals surface area contributed by atoms with Crippen LogP contribution in [0.2, 0.25) is 0 Å². The minimum atomic E-state index is -1.03. The molecule has 4 heteroatoms. The van der Waals surface area contributed by atoms with E-state index in [4.69, 9.17) is 11.5 Å².